The van der Waals surface area contributed by atoms with Crippen molar-refractivity contribution in [3.05, 3.63) is 52.3 Å². The molecule has 1 heterocycles. The van der Waals surface area contributed by atoms with Crippen molar-refractivity contribution in [1.82, 2.24) is 4.98 Å². The molecule has 92 valence electrons. The molecule has 0 saturated carbocycles. The van der Waals surface area contributed by atoms with Crippen LogP contribution >= 0.6 is 11.6 Å². The highest BCUT2D eigenvalue weighted by molar-refractivity contribution is 6.31. The highest BCUT2D eigenvalue weighted by Gasteiger charge is 2.19. The van der Waals surface area contributed by atoms with Gasteiger partial charge in [0.15, 0.2) is 0 Å². The number of methoxy groups -OCH3 is 1. The SMILES string of the molecule is COc1cc(C)c(Cl)cc1C(C#N)c1cc[nH]c1. The molecule has 18 heavy (non-hydrogen) atoms. The van der Waals surface area contributed by atoms with Crippen LogP contribution in [0.4, 0.5) is 0 Å². The van der Waals surface area contributed by atoms with Crippen molar-refractivity contribution in [2.24, 2.45) is 0 Å². The van der Waals surface area contributed by atoms with E-state index in [1.165, 1.54) is 0 Å². The molecular formula is C14H13ClN2O. The molecule has 0 saturated heterocycles. The van der Waals surface area contributed by atoms with Gasteiger partial charge in [-0.25, -0.2) is 0 Å². The summed E-state index contributed by atoms with van der Waals surface area (Å²) < 4.78 is 5.34. The van der Waals surface area contributed by atoms with E-state index in [2.05, 4.69) is 11.1 Å². The molecule has 0 aliphatic heterocycles. The van der Waals surface area contributed by atoms with Gasteiger partial charge in [-0.15, -0.1) is 0 Å². The van der Waals surface area contributed by atoms with E-state index in [1.54, 1.807) is 25.6 Å². The molecule has 3 nitrogen and oxygen atoms in total. The molecule has 0 amide bonds. The second-order valence-electron chi connectivity index (χ2n) is 4.05. The van der Waals surface area contributed by atoms with Crippen LogP contribution in [0.1, 0.15) is 22.6 Å². The molecule has 0 bridgehead atoms. The molecule has 0 fully saturated rings. The first-order valence-corrected chi connectivity index (χ1v) is 5.91. The summed E-state index contributed by atoms with van der Waals surface area (Å²) in [6, 6.07) is 7.82. The number of hydrogen-bond donors (Lipinski definition) is 1. The average Bonchev–Trinajstić information content (AvgIpc) is 2.88. The molecule has 4 heteroatoms. The third-order valence-corrected chi connectivity index (χ3v) is 3.31. The Labute approximate surface area is 111 Å². The Morgan fingerprint density at radius 3 is 2.78 bits per heavy atom. The van der Waals surface area contributed by atoms with E-state index in [-0.39, 0.29) is 5.92 Å². The maximum absolute atomic E-state index is 9.37. The fraction of sp³-hybridized carbons (Fsp3) is 0.214. The van der Waals surface area contributed by atoms with E-state index in [0.717, 1.165) is 16.7 Å². The Balaban J connectivity index is 2.56. The van der Waals surface area contributed by atoms with Crippen LogP contribution < -0.4 is 4.74 Å². The third-order valence-electron chi connectivity index (χ3n) is 2.91. The average molecular weight is 261 g/mol. The van der Waals surface area contributed by atoms with Crippen molar-refractivity contribution >= 4 is 11.6 Å². The van der Waals surface area contributed by atoms with Gasteiger partial charge in [0.25, 0.3) is 0 Å². The molecule has 2 aromatic rings. The van der Waals surface area contributed by atoms with E-state index in [0.29, 0.717) is 10.8 Å². The van der Waals surface area contributed by atoms with Gasteiger partial charge in [0, 0.05) is 23.0 Å². The molecular weight excluding hydrogens is 248 g/mol. The van der Waals surface area contributed by atoms with Crippen LogP contribution in [0.25, 0.3) is 0 Å². The van der Waals surface area contributed by atoms with Gasteiger partial charge < -0.3 is 9.72 Å². The van der Waals surface area contributed by atoms with Gasteiger partial charge in [-0.05, 0) is 36.2 Å². The standard InChI is InChI=1S/C14H13ClN2O/c1-9-5-14(18-2)11(6-13(9)15)12(7-16)10-3-4-17-8-10/h3-6,8,12,17H,1-2H3. The van der Waals surface area contributed by atoms with Crippen molar-refractivity contribution in [2.45, 2.75) is 12.8 Å². The maximum atomic E-state index is 9.37. The van der Waals surface area contributed by atoms with Gasteiger partial charge >= 0.3 is 0 Å². The number of hydrogen-bond acceptors (Lipinski definition) is 2. The van der Waals surface area contributed by atoms with Crippen molar-refractivity contribution in [3.63, 3.8) is 0 Å². The minimum Gasteiger partial charge on any atom is -0.496 e. The number of benzene rings is 1. The van der Waals surface area contributed by atoms with E-state index in [9.17, 15) is 5.26 Å². The Kier molecular flexibility index (Phi) is 3.59. The molecule has 0 radical (unpaired) electrons. The highest BCUT2D eigenvalue weighted by atomic mass is 35.5. The number of aromatic nitrogens is 1. The summed E-state index contributed by atoms with van der Waals surface area (Å²) in [6.45, 7) is 1.91. The second kappa shape index (κ2) is 5.16. The Morgan fingerprint density at radius 1 is 1.44 bits per heavy atom. The predicted molar refractivity (Wildman–Crippen MR) is 71.0 cm³/mol. The number of aryl methyl sites for hydroxylation is 1. The second-order valence-corrected chi connectivity index (χ2v) is 4.46. The van der Waals surface area contributed by atoms with E-state index >= 15 is 0 Å². The number of nitriles is 1. The van der Waals surface area contributed by atoms with E-state index < -0.39 is 0 Å². The highest BCUT2D eigenvalue weighted by Crippen LogP contribution is 2.35. The first-order valence-electron chi connectivity index (χ1n) is 5.53. The summed E-state index contributed by atoms with van der Waals surface area (Å²) in [5, 5.41) is 10.0. The van der Waals surface area contributed by atoms with Crippen LogP contribution in [-0.2, 0) is 0 Å². The van der Waals surface area contributed by atoms with Crippen LogP contribution in [0.15, 0.2) is 30.6 Å². The smallest absolute Gasteiger partial charge is 0.124 e. The molecule has 0 aliphatic rings. The number of rotatable bonds is 3. The van der Waals surface area contributed by atoms with Crippen molar-refractivity contribution in [2.75, 3.05) is 7.11 Å². The quantitative estimate of drug-likeness (QED) is 0.916. The van der Waals surface area contributed by atoms with Crippen LogP contribution in [0.3, 0.4) is 0 Å². The molecule has 1 aromatic carbocycles. The lowest BCUT2D eigenvalue weighted by atomic mass is 9.93. The van der Waals surface area contributed by atoms with Crippen molar-refractivity contribution in [3.8, 4) is 11.8 Å². The van der Waals surface area contributed by atoms with Gasteiger partial charge in [0.05, 0.1) is 13.2 Å². The van der Waals surface area contributed by atoms with Gasteiger partial charge in [0.1, 0.15) is 11.7 Å². The number of nitrogens with one attached hydrogen (secondary N) is 1. The van der Waals surface area contributed by atoms with Crippen molar-refractivity contribution in [1.29, 1.82) is 5.26 Å². The predicted octanol–water partition coefficient (Wildman–Crippen LogP) is 3.64. The zero-order valence-electron chi connectivity index (χ0n) is 10.2. The third kappa shape index (κ3) is 2.20. The number of halogens is 1. The summed E-state index contributed by atoms with van der Waals surface area (Å²) in [6.07, 6.45) is 3.60. The van der Waals surface area contributed by atoms with Crippen LogP contribution in [-0.4, -0.2) is 12.1 Å². The van der Waals surface area contributed by atoms with E-state index in [4.69, 9.17) is 16.3 Å². The molecule has 0 spiro atoms. The molecule has 1 N–H and O–H groups in total. The fourth-order valence-corrected chi connectivity index (χ4v) is 2.08. The monoisotopic (exact) mass is 260 g/mol. The molecule has 2 rings (SSSR count). The van der Waals surface area contributed by atoms with Crippen LogP contribution in [0.5, 0.6) is 5.75 Å². The first kappa shape index (κ1) is 12.5. The van der Waals surface area contributed by atoms with Gasteiger partial charge in [0.2, 0.25) is 0 Å². The lowest BCUT2D eigenvalue weighted by Crippen LogP contribution is -2.01. The Bertz CT molecular complexity index is 585. The maximum Gasteiger partial charge on any atom is 0.124 e. The van der Waals surface area contributed by atoms with Crippen molar-refractivity contribution < 1.29 is 4.74 Å². The van der Waals surface area contributed by atoms with Crippen LogP contribution in [0, 0.1) is 18.3 Å². The summed E-state index contributed by atoms with van der Waals surface area (Å²) in [4.78, 5) is 2.95. The van der Waals surface area contributed by atoms with Gasteiger partial charge in [-0.3, -0.25) is 0 Å². The topological polar surface area (TPSA) is 48.8 Å². The molecule has 1 atom stereocenters. The summed E-state index contributed by atoms with van der Waals surface area (Å²) >= 11 is 6.13. The first-order chi connectivity index (χ1) is 8.67. The lowest BCUT2D eigenvalue weighted by molar-refractivity contribution is 0.409. The summed E-state index contributed by atoms with van der Waals surface area (Å²) in [5.74, 6) is 0.300. The zero-order valence-corrected chi connectivity index (χ0v) is 11.0. The van der Waals surface area contributed by atoms with Gasteiger partial charge in [-0.2, -0.15) is 5.26 Å². The van der Waals surface area contributed by atoms with Crippen LogP contribution in [0.2, 0.25) is 5.02 Å². The number of ether oxygens (including phenoxy) is 1. The largest absolute Gasteiger partial charge is 0.496 e. The minimum absolute atomic E-state index is 0.385. The number of H-pyrrole nitrogens is 1. The van der Waals surface area contributed by atoms with Gasteiger partial charge in [-0.1, -0.05) is 11.6 Å². The minimum atomic E-state index is -0.385. The summed E-state index contributed by atoms with van der Waals surface area (Å²) in [7, 11) is 1.59. The molecule has 0 aliphatic carbocycles. The normalized spacial score (nSPS) is 11.9. The lowest BCUT2D eigenvalue weighted by Gasteiger charge is -2.14. The number of aromatic amines is 1. The summed E-state index contributed by atoms with van der Waals surface area (Å²) in [5.41, 5.74) is 2.62. The fourth-order valence-electron chi connectivity index (χ4n) is 1.91. The zero-order chi connectivity index (χ0) is 13.1. The Morgan fingerprint density at radius 2 is 2.22 bits per heavy atom. The molecule has 1 unspecified atom stereocenters. The molecule has 1 aromatic heterocycles. The number of nitrogens with zero attached hydrogens (tertiary/aromatic N) is 1. The Hall–Kier alpha value is -1.92. The van der Waals surface area contributed by atoms with E-state index in [1.807, 2.05) is 19.1 Å².